The van der Waals surface area contributed by atoms with E-state index in [1.807, 2.05) is 52.1 Å². The van der Waals surface area contributed by atoms with E-state index in [-0.39, 0.29) is 5.91 Å². The molecule has 0 atom stereocenters. The number of carbonyl (C=O) groups excluding carboxylic acids is 1. The summed E-state index contributed by atoms with van der Waals surface area (Å²) in [7, 11) is 1.85. The molecule has 126 valence electrons. The third-order valence-corrected chi connectivity index (χ3v) is 4.83. The first-order valence-electron chi connectivity index (χ1n) is 7.95. The van der Waals surface area contributed by atoms with Crippen LogP contribution >= 0.6 is 11.8 Å². The van der Waals surface area contributed by atoms with E-state index in [1.165, 1.54) is 10.5 Å². The summed E-state index contributed by atoms with van der Waals surface area (Å²) in [5, 5.41) is 0. The fourth-order valence-corrected chi connectivity index (χ4v) is 3.29. The van der Waals surface area contributed by atoms with Crippen LogP contribution < -0.4 is 0 Å². The molecule has 0 radical (unpaired) electrons. The molecule has 0 heterocycles. The number of rotatable bonds is 5. The molecule has 0 aliphatic heterocycles. The lowest BCUT2D eigenvalue weighted by Gasteiger charge is -2.20. The molecule has 1 amide bonds. The number of benzene rings is 2. The summed E-state index contributed by atoms with van der Waals surface area (Å²) in [6.45, 7) is 6.45. The number of carbonyl (C=O) groups is 1. The van der Waals surface area contributed by atoms with Gasteiger partial charge in [0.2, 0.25) is 0 Å². The highest BCUT2D eigenvalue weighted by atomic mass is 32.2. The predicted octanol–water partition coefficient (Wildman–Crippen LogP) is 5.02. The van der Waals surface area contributed by atoms with Gasteiger partial charge in [-0.25, -0.2) is 0 Å². The maximum Gasteiger partial charge on any atom is 0.254 e. The number of aryl methyl sites for hydroxylation is 2. The van der Waals surface area contributed by atoms with Crippen molar-refractivity contribution in [3.63, 3.8) is 0 Å². The van der Waals surface area contributed by atoms with Crippen LogP contribution in [-0.2, 0) is 6.54 Å². The van der Waals surface area contributed by atoms with Gasteiger partial charge in [-0.1, -0.05) is 18.2 Å². The molecule has 2 rings (SSSR count). The van der Waals surface area contributed by atoms with Crippen molar-refractivity contribution in [2.45, 2.75) is 32.2 Å². The van der Waals surface area contributed by atoms with E-state index >= 15 is 0 Å². The number of hydrogen-bond donors (Lipinski definition) is 0. The van der Waals surface area contributed by atoms with Crippen LogP contribution in [0.1, 0.15) is 34.0 Å². The topological polar surface area (TPSA) is 32.7 Å². The van der Waals surface area contributed by atoms with Crippen molar-refractivity contribution in [2.24, 2.45) is 4.99 Å². The lowest BCUT2D eigenvalue weighted by molar-refractivity contribution is 0.0783. The molecule has 4 heteroatoms. The lowest BCUT2D eigenvalue weighted by Crippen LogP contribution is -2.27. The van der Waals surface area contributed by atoms with E-state index in [9.17, 15) is 4.79 Å². The first-order valence-corrected chi connectivity index (χ1v) is 9.17. The number of thioether (sulfide) groups is 1. The zero-order valence-corrected chi connectivity index (χ0v) is 15.8. The largest absolute Gasteiger partial charge is 0.337 e. The molecule has 0 aromatic heterocycles. The minimum Gasteiger partial charge on any atom is -0.337 e. The molecule has 0 fully saturated rings. The van der Waals surface area contributed by atoms with Gasteiger partial charge in [0.1, 0.15) is 0 Å². The minimum absolute atomic E-state index is 0.0403. The van der Waals surface area contributed by atoms with Gasteiger partial charge in [-0.2, -0.15) is 0 Å². The van der Waals surface area contributed by atoms with Gasteiger partial charge >= 0.3 is 0 Å². The van der Waals surface area contributed by atoms with Crippen LogP contribution in [0.25, 0.3) is 0 Å². The van der Waals surface area contributed by atoms with Gasteiger partial charge in [-0.15, -0.1) is 11.8 Å². The fourth-order valence-electron chi connectivity index (χ4n) is 2.68. The third kappa shape index (κ3) is 4.06. The second-order valence-corrected chi connectivity index (χ2v) is 6.66. The van der Waals surface area contributed by atoms with Crippen LogP contribution in [0.5, 0.6) is 0 Å². The Kier molecular flexibility index (Phi) is 6.21. The molecule has 0 saturated heterocycles. The van der Waals surface area contributed by atoms with E-state index in [4.69, 9.17) is 0 Å². The molecule has 2 aromatic rings. The van der Waals surface area contributed by atoms with Crippen LogP contribution in [0.3, 0.4) is 0 Å². The Hall–Kier alpha value is -2.07. The van der Waals surface area contributed by atoms with Crippen LogP contribution in [0, 0.1) is 13.8 Å². The lowest BCUT2D eigenvalue weighted by atomic mass is 10.0. The average Bonchev–Trinajstić information content (AvgIpc) is 2.58. The average molecular weight is 340 g/mol. The molecular weight excluding hydrogens is 316 g/mol. The SMILES string of the molecule is C/C=N/c1cc(C)c(C(=O)N(C)Cc2ccccc2SC)cc1C. The van der Waals surface area contributed by atoms with Crippen LogP contribution in [0.15, 0.2) is 46.3 Å². The van der Waals surface area contributed by atoms with Crippen LogP contribution in [0.2, 0.25) is 0 Å². The Labute approximate surface area is 148 Å². The number of nitrogens with zero attached hydrogens (tertiary/aromatic N) is 2. The van der Waals surface area contributed by atoms with E-state index in [0.29, 0.717) is 6.54 Å². The summed E-state index contributed by atoms with van der Waals surface area (Å²) >= 11 is 1.70. The highest BCUT2D eigenvalue weighted by molar-refractivity contribution is 7.98. The van der Waals surface area contributed by atoms with Crippen molar-refractivity contribution >= 4 is 29.6 Å². The Morgan fingerprint density at radius 1 is 1.21 bits per heavy atom. The molecule has 0 spiro atoms. The first-order chi connectivity index (χ1) is 11.5. The molecule has 2 aromatic carbocycles. The van der Waals surface area contributed by atoms with Gasteiger partial charge in [0.25, 0.3) is 5.91 Å². The predicted molar refractivity (Wildman–Crippen MR) is 104 cm³/mol. The zero-order chi connectivity index (χ0) is 17.7. The van der Waals surface area contributed by atoms with Crippen molar-refractivity contribution in [3.05, 3.63) is 58.7 Å². The maximum absolute atomic E-state index is 12.9. The van der Waals surface area contributed by atoms with Crippen molar-refractivity contribution in [3.8, 4) is 0 Å². The fraction of sp³-hybridized carbons (Fsp3) is 0.300. The monoisotopic (exact) mass is 340 g/mol. The molecule has 0 N–H and O–H groups in total. The normalized spacial score (nSPS) is 11.0. The number of amides is 1. The summed E-state index contributed by atoms with van der Waals surface area (Å²) in [6.07, 6.45) is 3.83. The van der Waals surface area contributed by atoms with E-state index in [2.05, 4.69) is 23.4 Å². The molecule has 0 aliphatic rings. The Bertz CT molecular complexity index is 768. The second kappa shape index (κ2) is 8.15. The Balaban J connectivity index is 2.26. The maximum atomic E-state index is 12.9. The van der Waals surface area contributed by atoms with Gasteiger partial charge in [-0.3, -0.25) is 9.79 Å². The molecule has 24 heavy (non-hydrogen) atoms. The van der Waals surface area contributed by atoms with Gasteiger partial charge < -0.3 is 4.90 Å². The molecule has 3 nitrogen and oxygen atoms in total. The number of aliphatic imine (C=N–C) groups is 1. The standard InChI is InChI=1S/C20H24N2OS/c1-6-21-18-12-14(2)17(11-15(18)3)20(23)22(4)13-16-9-7-8-10-19(16)24-5/h6-12H,13H2,1-5H3/b21-6+. The second-order valence-electron chi connectivity index (χ2n) is 5.81. The minimum atomic E-state index is 0.0403. The quantitative estimate of drug-likeness (QED) is 0.565. The molecule has 0 bridgehead atoms. The highest BCUT2D eigenvalue weighted by Crippen LogP contribution is 2.25. The highest BCUT2D eigenvalue weighted by Gasteiger charge is 2.17. The molecule has 0 unspecified atom stereocenters. The Morgan fingerprint density at radius 2 is 1.92 bits per heavy atom. The van der Waals surface area contributed by atoms with E-state index < -0.39 is 0 Å². The van der Waals surface area contributed by atoms with Crippen molar-refractivity contribution < 1.29 is 4.79 Å². The summed E-state index contributed by atoms with van der Waals surface area (Å²) in [4.78, 5) is 20.2. The molecule has 0 aliphatic carbocycles. The van der Waals surface area contributed by atoms with Crippen LogP contribution in [0.4, 0.5) is 5.69 Å². The summed E-state index contributed by atoms with van der Waals surface area (Å²) < 4.78 is 0. The number of hydrogen-bond acceptors (Lipinski definition) is 3. The smallest absolute Gasteiger partial charge is 0.254 e. The van der Waals surface area contributed by atoms with E-state index in [0.717, 1.165) is 22.4 Å². The van der Waals surface area contributed by atoms with Crippen LogP contribution in [-0.4, -0.2) is 30.3 Å². The van der Waals surface area contributed by atoms with Crippen molar-refractivity contribution in [1.29, 1.82) is 0 Å². The third-order valence-electron chi connectivity index (χ3n) is 3.99. The van der Waals surface area contributed by atoms with Crippen molar-refractivity contribution in [2.75, 3.05) is 13.3 Å². The summed E-state index contributed by atoms with van der Waals surface area (Å²) in [6, 6.07) is 12.1. The summed E-state index contributed by atoms with van der Waals surface area (Å²) in [5.41, 5.74) is 4.80. The van der Waals surface area contributed by atoms with Crippen molar-refractivity contribution in [1.82, 2.24) is 4.90 Å². The zero-order valence-electron chi connectivity index (χ0n) is 15.0. The first kappa shape index (κ1) is 18.3. The molecular formula is C20H24N2OS. The van der Waals surface area contributed by atoms with Gasteiger partial charge in [0.05, 0.1) is 5.69 Å². The van der Waals surface area contributed by atoms with E-state index in [1.54, 1.807) is 22.9 Å². The van der Waals surface area contributed by atoms with Gasteiger partial charge in [-0.05, 0) is 61.9 Å². The molecule has 0 saturated carbocycles. The Morgan fingerprint density at radius 3 is 2.58 bits per heavy atom. The van der Waals surface area contributed by atoms with Gasteiger partial charge in [0, 0.05) is 30.3 Å². The van der Waals surface area contributed by atoms with Gasteiger partial charge in [0.15, 0.2) is 0 Å². The summed E-state index contributed by atoms with van der Waals surface area (Å²) in [5.74, 6) is 0.0403.